The van der Waals surface area contributed by atoms with E-state index in [2.05, 4.69) is 24.1 Å². The van der Waals surface area contributed by atoms with Gasteiger partial charge in [-0.25, -0.2) is 0 Å². The van der Waals surface area contributed by atoms with Crippen LogP contribution in [0.4, 0.5) is 0 Å². The van der Waals surface area contributed by atoms with E-state index in [0.29, 0.717) is 0 Å². The Bertz CT molecular complexity index is 211. The van der Waals surface area contributed by atoms with Gasteiger partial charge < -0.3 is 5.32 Å². The lowest BCUT2D eigenvalue weighted by Gasteiger charge is -2.34. The Morgan fingerprint density at radius 2 is 2.00 bits per heavy atom. The van der Waals surface area contributed by atoms with Crippen LogP contribution in [-0.4, -0.2) is 36.6 Å². The molecule has 0 radical (unpaired) electrons. The van der Waals surface area contributed by atoms with E-state index in [1.165, 1.54) is 58.0 Å². The van der Waals surface area contributed by atoms with Crippen molar-refractivity contribution in [2.75, 3.05) is 19.6 Å². The molecule has 3 atom stereocenters. The van der Waals surface area contributed by atoms with E-state index in [-0.39, 0.29) is 0 Å². The van der Waals surface area contributed by atoms with Gasteiger partial charge in [0.1, 0.15) is 0 Å². The average molecular weight is 238 g/mol. The van der Waals surface area contributed by atoms with E-state index in [9.17, 15) is 0 Å². The van der Waals surface area contributed by atoms with E-state index >= 15 is 0 Å². The summed E-state index contributed by atoms with van der Waals surface area (Å²) >= 11 is 0. The van der Waals surface area contributed by atoms with Gasteiger partial charge >= 0.3 is 0 Å². The third-order valence-electron chi connectivity index (χ3n) is 4.71. The summed E-state index contributed by atoms with van der Waals surface area (Å²) in [7, 11) is 0. The van der Waals surface area contributed by atoms with Gasteiger partial charge in [-0.2, -0.15) is 0 Å². The van der Waals surface area contributed by atoms with Crippen LogP contribution in [0.1, 0.15) is 58.8 Å². The molecule has 2 heteroatoms. The molecule has 17 heavy (non-hydrogen) atoms. The van der Waals surface area contributed by atoms with E-state index in [0.717, 1.165) is 24.5 Å². The molecule has 0 aromatic heterocycles. The largest absolute Gasteiger partial charge is 0.313 e. The summed E-state index contributed by atoms with van der Waals surface area (Å²) in [4.78, 5) is 2.80. The minimum Gasteiger partial charge on any atom is -0.313 e. The lowest BCUT2D eigenvalue weighted by molar-refractivity contribution is 0.165. The van der Waals surface area contributed by atoms with Crippen molar-refractivity contribution in [2.45, 2.75) is 70.9 Å². The van der Waals surface area contributed by atoms with Gasteiger partial charge in [0, 0.05) is 18.6 Å². The minimum absolute atomic E-state index is 0.727. The topological polar surface area (TPSA) is 15.3 Å². The number of nitrogens with one attached hydrogen (secondary N) is 1. The van der Waals surface area contributed by atoms with Crippen molar-refractivity contribution >= 4 is 0 Å². The molecular formula is C15H30N2. The van der Waals surface area contributed by atoms with Gasteiger partial charge in [-0.1, -0.05) is 33.1 Å². The molecule has 2 fully saturated rings. The molecule has 0 aromatic rings. The summed E-state index contributed by atoms with van der Waals surface area (Å²) in [6.07, 6.45) is 10.0. The maximum atomic E-state index is 3.66. The summed E-state index contributed by atoms with van der Waals surface area (Å²) in [5.41, 5.74) is 0. The Labute approximate surface area is 107 Å². The maximum Gasteiger partial charge on any atom is 0.0194 e. The molecule has 1 saturated carbocycles. The van der Waals surface area contributed by atoms with Crippen LogP contribution in [0.3, 0.4) is 0 Å². The molecule has 1 aliphatic heterocycles. The first kappa shape index (κ1) is 13.4. The molecule has 3 unspecified atom stereocenters. The monoisotopic (exact) mass is 238 g/mol. The summed E-state index contributed by atoms with van der Waals surface area (Å²) in [5.74, 6) is 1.03. The molecule has 2 nitrogen and oxygen atoms in total. The Hall–Kier alpha value is -0.0800. The number of likely N-dealkylation sites (N-methyl/N-ethyl adjacent to an activating group) is 1. The van der Waals surface area contributed by atoms with Crippen molar-refractivity contribution in [2.24, 2.45) is 5.92 Å². The van der Waals surface area contributed by atoms with Crippen LogP contribution < -0.4 is 5.32 Å². The highest BCUT2D eigenvalue weighted by molar-refractivity contribution is 4.91. The molecule has 1 aliphatic carbocycles. The fourth-order valence-electron chi connectivity index (χ4n) is 3.91. The van der Waals surface area contributed by atoms with E-state index < -0.39 is 0 Å². The number of fused-ring (bicyclic) bond motifs is 1. The van der Waals surface area contributed by atoms with E-state index in [1.54, 1.807) is 0 Å². The summed E-state index contributed by atoms with van der Waals surface area (Å²) in [6, 6.07) is 1.66. The molecule has 1 saturated heterocycles. The smallest absolute Gasteiger partial charge is 0.0194 e. The van der Waals surface area contributed by atoms with Crippen LogP contribution in [0.25, 0.3) is 0 Å². The quantitative estimate of drug-likeness (QED) is 0.765. The van der Waals surface area contributed by atoms with Crippen LogP contribution in [-0.2, 0) is 0 Å². The molecule has 0 spiro atoms. The Morgan fingerprint density at radius 1 is 1.18 bits per heavy atom. The van der Waals surface area contributed by atoms with E-state index in [4.69, 9.17) is 0 Å². The first-order valence-electron chi connectivity index (χ1n) is 7.82. The third kappa shape index (κ3) is 3.45. The highest BCUT2D eigenvalue weighted by Gasteiger charge is 2.35. The van der Waals surface area contributed by atoms with Gasteiger partial charge in [0.25, 0.3) is 0 Å². The zero-order chi connectivity index (χ0) is 12.1. The van der Waals surface area contributed by atoms with Crippen molar-refractivity contribution < 1.29 is 0 Å². The highest BCUT2D eigenvalue weighted by Crippen LogP contribution is 2.36. The second kappa shape index (κ2) is 6.75. The van der Waals surface area contributed by atoms with Crippen LogP contribution >= 0.6 is 0 Å². The standard InChI is InChI=1S/C15H30N2/c1-3-7-14(16-4-2)12-17-11-10-13-8-5-6-9-15(13)17/h13-16H,3-12H2,1-2H3. The Morgan fingerprint density at radius 3 is 2.76 bits per heavy atom. The molecule has 1 heterocycles. The lowest BCUT2D eigenvalue weighted by atomic mass is 9.85. The minimum atomic E-state index is 0.727. The molecular weight excluding hydrogens is 208 g/mol. The van der Waals surface area contributed by atoms with Crippen molar-refractivity contribution in [3.63, 3.8) is 0 Å². The molecule has 100 valence electrons. The zero-order valence-corrected chi connectivity index (χ0v) is 11.8. The first-order chi connectivity index (χ1) is 8.35. The van der Waals surface area contributed by atoms with Crippen LogP contribution in [0.2, 0.25) is 0 Å². The molecule has 0 bridgehead atoms. The molecule has 0 aromatic carbocycles. The highest BCUT2D eigenvalue weighted by atomic mass is 15.2. The summed E-state index contributed by atoms with van der Waals surface area (Å²) in [6.45, 7) is 8.31. The van der Waals surface area contributed by atoms with Gasteiger partial charge in [0.15, 0.2) is 0 Å². The van der Waals surface area contributed by atoms with Gasteiger partial charge in [0.2, 0.25) is 0 Å². The van der Waals surface area contributed by atoms with Crippen molar-refractivity contribution in [3.8, 4) is 0 Å². The first-order valence-corrected chi connectivity index (χ1v) is 7.82. The van der Waals surface area contributed by atoms with Crippen LogP contribution in [0.5, 0.6) is 0 Å². The van der Waals surface area contributed by atoms with Crippen molar-refractivity contribution in [1.29, 1.82) is 0 Å². The second-order valence-corrected chi connectivity index (χ2v) is 5.94. The van der Waals surface area contributed by atoms with Gasteiger partial charge in [-0.15, -0.1) is 0 Å². The molecule has 0 amide bonds. The summed E-state index contributed by atoms with van der Waals surface area (Å²) < 4.78 is 0. The molecule has 1 N–H and O–H groups in total. The number of nitrogens with zero attached hydrogens (tertiary/aromatic N) is 1. The normalized spacial score (nSPS) is 31.4. The zero-order valence-electron chi connectivity index (χ0n) is 11.8. The van der Waals surface area contributed by atoms with Crippen LogP contribution in [0, 0.1) is 5.92 Å². The van der Waals surface area contributed by atoms with E-state index in [1.807, 2.05) is 0 Å². The second-order valence-electron chi connectivity index (χ2n) is 5.94. The van der Waals surface area contributed by atoms with Gasteiger partial charge in [0.05, 0.1) is 0 Å². The van der Waals surface area contributed by atoms with Gasteiger partial charge in [-0.05, 0) is 44.7 Å². The lowest BCUT2D eigenvalue weighted by Crippen LogP contribution is -2.44. The van der Waals surface area contributed by atoms with Crippen molar-refractivity contribution in [1.82, 2.24) is 10.2 Å². The third-order valence-corrected chi connectivity index (χ3v) is 4.71. The molecule has 2 rings (SSSR count). The SMILES string of the molecule is CCCC(CN1CCC2CCCCC21)NCC. The molecule has 2 aliphatic rings. The van der Waals surface area contributed by atoms with Crippen LogP contribution in [0.15, 0.2) is 0 Å². The van der Waals surface area contributed by atoms with Gasteiger partial charge in [-0.3, -0.25) is 4.90 Å². The Kier molecular flexibility index (Phi) is 5.30. The fourth-order valence-corrected chi connectivity index (χ4v) is 3.91. The number of hydrogen-bond acceptors (Lipinski definition) is 2. The van der Waals surface area contributed by atoms with Crippen molar-refractivity contribution in [3.05, 3.63) is 0 Å². The summed E-state index contributed by atoms with van der Waals surface area (Å²) in [5, 5.41) is 3.66. The fraction of sp³-hybridized carbons (Fsp3) is 1.00. The predicted molar refractivity (Wildman–Crippen MR) is 74.3 cm³/mol. The number of hydrogen-bond donors (Lipinski definition) is 1. The number of rotatable bonds is 6. The average Bonchev–Trinajstić information content (AvgIpc) is 2.74. The predicted octanol–water partition coefficient (Wildman–Crippen LogP) is 3.03. The number of likely N-dealkylation sites (tertiary alicyclic amines) is 1. The Balaban J connectivity index is 1.84. The maximum absolute atomic E-state index is 3.66.